The minimum absolute atomic E-state index is 0.226. The van der Waals surface area contributed by atoms with Gasteiger partial charge in [-0.25, -0.2) is 4.39 Å². The monoisotopic (exact) mass is 406 g/mol. The van der Waals surface area contributed by atoms with Crippen LogP contribution in [0.2, 0.25) is 0 Å². The maximum atomic E-state index is 13.2. The van der Waals surface area contributed by atoms with Crippen LogP contribution in [0.5, 0.6) is 0 Å². The number of para-hydroxylation sites is 1. The van der Waals surface area contributed by atoms with Crippen LogP contribution in [0.3, 0.4) is 0 Å². The van der Waals surface area contributed by atoms with Crippen LogP contribution in [0.25, 0.3) is 17.1 Å². The molecule has 2 aromatic heterocycles. The van der Waals surface area contributed by atoms with Gasteiger partial charge in [-0.15, -0.1) is 5.10 Å². The third kappa shape index (κ3) is 4.31. The quantitative estimate of drug-likeness (QED) is 0.500. The highest BCUT2D eigenvalue weighted by molar-refractivity contribution is 7.71. The van der Waals surface area contributed by atoms with Crippen molar-refractivity contribution in [3.05, 3.63) is 95.3 Å². The lowest BCUT2D eigenvalue weighted by Gasteiger charge is -2.13. The number of halogens is 1. The van der Waals surface area contributed by atoms with Crippen molar-refractivity contribution in [2.24, 2.45) is 0 Å². The van der Waals surface area contributed by atoms with Crippen molar-refractivity contribution in [2.45, 2.75) is 13.2 Å². The summed E-state index contributed by atoms with van der Waals surface area (Å²) >= 11 is 5.78. The molecule has 2 heterocycles. The van der Waals surface area contributed by atoms with Crippen LogP contribution in [0.15, 0.2) is 79.1 Å². The van der Waals surface area contributed by atoms with Gasteiger partial charge in [0.05, 0.1) is 7.05 Å². The first-order valence-corrected chi connectivity index (χ1v) is 9.74. The van der Waals surface area contributed by atoms with E-state index >= 15 is 0 Å². The van der Waals surface area contributed by atoms with Crippen LogP contribution in [0.1, 0.15) is 5.56 Å². The standard InChI is InChI=1S/C22H20FN5S/c1-26(15-17-9-11-19(23)12-10-17)16-27-22(29)28(20-7-3-2-4-8-20)21(25-27)18-6-5-13-24-14-18/h2-14H,15-16H2,1H3/p+1. The third-order valence-electron chi connectivity index (χ3n) is 4.61. The highest BCUT2D eigenvalue weighted by atomic mass is 32.1. The first-order chi connectivity index (χ1) is 14.1. The lowest BCUT2D eigenvalue weighted by molar-refractivity contribution is -0.917. The molecule has 0 fully saturated rings. The van der Waals surface area contributed by atoms with E-state index in [1.807, 2.05) is 63.8 Å². The molecular weight excluding hydrogens is 385 g/mol. The molecule has 0 aliphatic heterocycles. The van der Waals surface area contributed by atoms with E-state index in [9.17, 15) is 4.39 Å². The van der Waals surface area contributed by atoms with Crippen molar-refractivity contribution in [1.82, 2.24) is 19.3 Å². The molecule has 0 saturated carbocycles. The molecular formula is C22H21FN5S+. The number of aromatic nitrogens is 4. The highest BCUT2D eigenvalue weighted by Gasteiger charge is 2.16. The number of rotatable bonds is 6. The number of nitrogens with zero attached hydrogens (tertiary/aromatic N) is 4. The molecule has 1 N–H and O–H groups in total. The van der Waals surface area contributed by atoms with Crippen molar-refractivity contribution in [3.63, 3.8) is 0 Å². The van der Waals surface area contributed by atoms with Crippen molar-refractivity contribution >= 4 is 12.2 Å². The second-order valence-electron chi connectivity index (χ2n) is 6.94. The average molecular weight is 407 g/mol. The summed E-state index contributed by atoms with van der Waals surface area (Å²) in [6, 6.07) is 20.4. The molecule has 4 rings (SSSR count). The van der Waals surface area contributed by atoms with E-state index < -0.39 is 0 Å². The van der Waals surface area contributed by atoms with E-state index in [1.54, 1.807) is 12.4 Å². The Hall–Kier alpha value is -3.16. The zero-order chi connectivity index (χ0) is 20.2. The Morgan fingerprint density at radius 1 is 1.00 bits per heavy atom. The van der Waals surface area contributed by atoms with Gasteiger partial charge in [0.2, 0.25) is 4.77 Å². The lowest BCUT2D eigenvalue weighted by atomic mass is 10.2. The van der Waals surface area contributed by atoms with Gasteiger partial charge in [0.15, 0.2) is 12.5 Å². The topological polar surface area (TPSA) is 40.1 Å². The van der Waals surface area contributed by atoms with Crippen LogP contribution in [-0.2, 0) is 13.2 Å². The fraction of sp³-hybridized carbons (Fsp3) is 0.136. The Balaban J connectivity index is 1.68. The summed E-state index contributed by atoms with van der Waals surface area (Å²) in [5, 5.41) is 4.81. The predicted molar refractivity (Wildman–Crippen MR) is 113 cm³/mol. The molecule has 0 aliphatic carbocycles. The minimum atomic E-state index is -0.226. The lowest BCUT2D eigenvalue weighted by Crippen LogP contribution is -3.07. The molecule has 2 aromatic carbocycles. The van der Waals surface area contributed by atoms with Crippen molar-refractivity contribution in [3.8, 4) is 17.1 Å². The maximum absolute atomic E-state index is 13.2. The zero-order valence-electron chi connectivity index (χ0n) is 16.0. The maximum Gasteiger partial charge on any atom is 0.207 e. The first kappa shape index (κ1) is 19.2. The Kier molecular flexibility index (Phi) is 5.59. The molecule has 0 bridgehead atoms. The smallest absolute Gasteiger partial charge is 0.207 e. The van der Waals surface area contributed by atoms with Crippen molar-refractivity contribution < 1.29 is 9.29 Å². The molecule has 1 atom stereocenters. The van der Waals surface area contributed by atoms with Gasteiger partial charge in [0, 0.05) is 29.2 Å². The molecule has 29 heavy (non-hydrogen) atoms. The van der Waals surface area contributed by atoms with Gasteiger partial charge in [-0.05, 0) is 48.6 Å². The van der Waals surface area contributed by atoms with E-state index in [0.29, 0.717) is 11.4 Å². The van der Waals surface area contributed by atoms with E-state index in [4.69, 9.17) is 17.3 Å². The summed E-state index contributed by atoms with van der Waals surface area (Å²) in [4.78, 5) is 5.41. The van der Waals surface area contributed by atoms with Gasteiger partial charge in [-0.3, -0.25) is 9.55 Å². The predicted octanol–water partition coefficient (Wildman–Crippen LogP) is 3.28. The van der Waals surface area contributed by atoms with Crippen molar-refractivity contribution in [1.29, 1.82) is 0 Å². The van der Waals surface area contributed by atoms with E-state index in [0.717, 1.165) is 29.2 Å². The Bertz CT molecular complexity index is 1140. The summed E-state index contributed by atoms with van der Waals surface area (Å²) in [5.41, 5.74) is 2.92. The van der Waals surface area contributed by atoms with Crippen LogP contribution < -0.4 is 4.90 Å². The molecule has 0 amide bonds. The van der Waals surface area contributed by atoms with Gasteiger partial charge >= 0.3 is 0 Å². The summed E-state index contributed by atoms with van der Waals surface area (Å²) in [6.07, 6.45) is 3.53. The molecule has 1 unspecified atom stereocenters. The van der Waals surface area contributed by atoms with Crippen LogP contribution >= 0.6 is 12.2 Å². The molecule has 146 valence electrons. The molecule has 0 radical (unpaired) electrons. The number of hydrogen-bond acceptors (Lipinski definition) is 3. The Morgan fingerprint density at radius 3 is 2.45 bits per heavy atom. The summed E-state index contributed by atoms with van der Waals surface area (Å²) in [7, 11) is 2.07. The summed E-state index contributed by atoms with van der Waals surface area (Å²) in [5.74, 6) is 0.528. The Morgan fingerprint density at radius 2 is 1.76 bits per heavy atom. The largest absolute Gasteiger partial charge is 0.315 e. The molecule has 0 aliphatic rings. The van der Waals surface area contributed by atoms with E-state index in [-0.39, 0.29) is 5.82 Å². The number of pyridine rings is 1. The number of quaternary nitrogens is 1. The number of nitrogens with one attached hydrogen (secondary N) is 1. The molecule has 7 heteroatoms. The van der Waals surface area contributed by atoms with Crippen LogP contribution in [0.4, 0.5) is 4.39 Å². The van der Waals surface area contributed by atoms with Gasteiger partial charge in [0.25, 0.3) is 0 Å². The van der Waals surface area contributed by atoms with Crippen molar-refractivity contribution in [2.75, 3.05) is 7.05 Å². The minimum Gasteiger partial charge on any atom is -0.315 e. The highest BCUT2D eigenvalue weighted by Crippen LogP contribution is 2.21. The SMILES string of the molecule is C[NH+](Cc1ccc(F)cc1)Cn1nc(-c2cccnc2)n(-c2ccccc2)c1=S. The molecule has 0 spiro atoms. The average Bonchev–Trinajstić information content (AvgIpc) is 3.07. The normalized spacial score (nSPS) is 12.1. The fourth-order valence-corrected chi connectivity index (χ4v) is 3.56. The van der Waals surface area contributed by atoms with E-state index in [2.05, 4.69) is 12.0 Å². The van der Waals surface area contributed by atoms with Gasteiger partial charge in [-0.2, -0.15) is 4.68 Å². The molecule has 0 saturated heterocycles. The second-order valence-corrected chi connectivity index (χ2v) is 7.30. The number of hydrogen-bond donors (Lipinski definition) is 1. The van der Waals surface area contributed by atoms with Gasteiger partial charge < -0.3 is 4.90 Å². The molecule has 4 aromatic rings. The van der Waals surface area contributed by atoms with Crippen LogP contribution in [0, 0.1) is 10.6 Å². The summed E-state index contributed by atoms with van der Waals surface area (Å²) in [6.45, 7) is 1.33. The molecule has 5 nitrogen and oxygen atoms in total. The zero-order valence-corrected chi connectivity index (χ0v) is 16.8. The Labute approximate surface area is 173 Å². The van der Waals surface area contributed by atoms with E-state index in [1.165, 1.54) is 17.0 Å². The third-order valence-corrected chi connectivity index (χ3v) is 5.01. The van der Waals surface area contributed by atoms with Crippen LogP contribution in [-0.4, -0.2) is 26.4 Å². The second kappa shape index (κ2) is 8.46. The first-order valence-electron chi connectivity index (χ1n) is 9.33. The summed E-state index contributed by atoms with van der Waals surface area (Å²) < 4.78 is 17.6. The number of benzene rings is 2. The van der Waals surface area contributed by atoms with Gasteiger partial charge in [-0.1, -0.05) is 30.3 Å². The fourth-order valence-electron chi connectivity index (χ4n) is 3.26. The van der Waals surface area contributed by atoms with Gasteiger partial charge in [0.1, 0.15) is 12.4 Å².